The van der Waals surface area contributed by atoms with Gasteiger partial charge in [-0.15, -0.1) is 0 Å². The molecule has 3 aliphatic rings. The fourth-order valence-electron chi connectivity index (χ4n) is 2.36. The third-order valence-corrected chi connectivity index (χ3v) is 5.19. The second kappa shape index (κ2) is 21.7. The van der Waals surface area contributed by atoms with Crippen LogP contribution in [0.3, 0.4) is 0 Å². The van der Waals surface area contributed by atoms with E-state index in [1.54, 1.807) is 0 Å². The molecule has 12 heteroatoms. The maximum absolute atomic E-state index is 11.2. The molecule has 0 aromatic rings. The van der Waals surface area contributed by atoms with Gasteiger partial charge in [-0.2, -0.15) is 0 Å². The van der Waals surface area contributed by atoms with Crippen molar-refractivity contribution in [2.24, 2.45) is 17.8 Å². The summed E-state index contributed by atoms with van der Waals surface area (Å²) in [5.74, 6) is 0.282. The van der Waals surface area contributed by atoms with Crippen molar-refractivity contribution in [3.05, 3.63) is 0 Å². The van der Waals surface area contributed by atoms with Crippen molar-refractivity contribution < 1.29 is 53.0 Å². The molecule has 0 radical (unpaired) electrons. The Hall–Kier alpha value is -1.34. The molecule has 0 atom stereocenters. The number of carbonyl (C=O) groups is 3. The molecule has 3 saturated carbocycles. The molecule has 0 amide bonds. The van der Waals surface area contributed by atoms with Gasteiger partial charge in [-0.05, 0) is 50.1 Å². The lowest BCUT2D eigenvalue weighted by Crippen LogP contribution is -2.15. The van der Waals surface area contributed by atoms with Crippen LogP contribution in [0.25, 0.3) is 0 Å². The Morgan fingerprint density at radius 2 is 0.833 bits per heavy atom. The fraction of sp³-hybridized carbons (Fsp3) is 0.875. The second-order valence-corrected chi connectivity index (χ2v) is 8.73. The Morgan fingerprint density at radius 1 is 0.528 bits per heavy atom. The molecule has 210 valence electrons. The highest BCUT2D eigenvalue weighted by atomic mass is 35.5. The van der Waals surface area contributed by atoms with Crippen molar-refractivity contribution in [2.45, 2.75) is 38.5 Å². The predicted octanol–water partition coefficient (Wildman–Crippen LogP) is 1.09. The number of aliphatic hydroxyl groups excluding tert-OH is 2. The zero-order chi connectivity index (χ0) is 26.4. The average Bonchev–Trinajstić information content (AvgIpc) is 3.73. The summed E-state index contributed by atoms with van der Waals surface area (Å²) in [6.45, 7) is 3.99. The van der Waals surface area contributed by atoms with E-state index in [2.05, 4.69) is 0 Å². The van der Waals surface area contributed by atoms with Crippen LogP contribution < -0.4 is 0 Å². The number of halogens is 1. The number of esters is 2. The van der Waals surface area contributed by atoms with E-state index in [4.69, 9.17) is 50.2 Å². The van der Waals surface area contributed by atoms with Crippen LogP contribution in [-0.4, -0.2) is 107 Å². The molecule has 36 heavy (non-hydrogen) atoms. The largest absolute Gasteiger partial charge is 0.463 e. The van der Waals surface area contributed by atoms with Crippen LogP contribution in [0.15, 0.2) is 0 Å². The zero-order valence-corrected chi connectivity index (χ0v) is 21.7. The number of carbonyl (C=O) groups excluding carboxylic acids is 3. The van der Waals surface area contributed by atoms with E-state index in [9.17, 15) is 14.4 Å². The van der Waals surface area contributed by atoms with Gasteiger partial charge < -0.3 is 38.6 Å². The highest BCUT2D eigenvalue weighted by molar-refractivity contribution is 6.64. The van der Waals surface area contributed by atoms with Gasteiger partial charge in [0.2, 0.25) is 5.24 Å². The number of hydrogen-bond donors (Lipinski definition) is 2. The quantitative estimate of drug-likeness (QED) is 0.138. The van der Waals surface area contributed by atoms with Gasteiger partial charge in [0.15, 0.2) is 0 Å². The van der Waals surface area contributed by atoms with E-state index in [-0.39, 0.29) is 48.1 Å². The Morgan fingerprint density at radius 3 is 1.08 bits per heavy atom. The topological polar surface area (TPSA) is 147 Å². The van der Waals surface area contributed by atoms with E-state index < -0.39 is 0 Å². The molecule has 0 unspecified atom stereocenters. The van der Waals surface area contributed by atoms with E-state index >= 15 is 0 Å². The third-order valence-electron chi connectivity index (χ3n) is 4.88. The van der Waals surface area contributed by atoms with E-state index in [1.807, 2.05) is 0 Å². The van der Waals surface area contributed by atoms with Crippen LogP contribution in [0, 0.1) is 17.8 Å². The summed E-state index contributed by atoms with van der Waals surface area (Å²) in [7, 11) is 0. The minimum Gasteiger partial charge on any atom is -0.463 e. The lowest BCUT2D eigenvalue weighted by molar-refractivity contribution is -0.148. The highest BCUT2D eigenvalue weighted by Crippen LogP contribution is 2.31. The summed E-state index contributed by atoms with van der Waals surface area (Å²) in [5, 5.41) is 16.4. The number of hydrogen-bond acceptors (Lipinski definition) is 11. The molecule has 0 aliphatic heterocycles. The van der Waals surface area contributed by atoms with Gasteiger partial charge >= 0.3 is 11.9 Å². The Bertz CT molecular complexity index is 553. The SMILES string of the molecule is O=C(Cl)C1CC1.O=C(OCCOCCOCCOC(=O)C1CC1)C1CC1.OCCOCCOCCO. The highest BCUT2D eigenvalue weighted by Gasteiger charge is 2.31. The number of aliphatic hydroxyl groups is 2. The molecule has 0 spiro atoms. The molecule has 0 aromatic carbocycles. The van der Waals surface area contributed by atoms with Gasteiger partial charge in [-0.3, -0.25) is 14.4 Å². The fourth-order valence-corrected chi connectivity index (χ4v) is 2.58. The Balaban J connectivity index is 0.000000335. The van der Waals surface area contributed by atoms with Crippen LogP contribution in [0.4, 0.5) is 0 Å². The lowest BCUT2D eigenvalue weighted by Gasteiger charge is -2.07. The lowest BCUT2D eigenvalue weighted by atomic mass is 10.4. The van der Waals surface area contributed by atoms with Crippen molar-refractivity contribution in [1.82, 2.24) is 0 Å². The number of ether oxygens (including phenoxy) is 6. The number of rotatable bonds is 19. The standard InChI is InChI=1S/C14H22O6.C6H14O4.C4H5ClO/c15-13(11-1-2-11)19-9-7-17-5-6-18-8-10-20-14(16)12-3-4-12;7-1-3-9-5-6-10-4-2-8;5-4(6)3-1-2-3/h11-12H,1-10H2;7-8H,1-6H2;3H,1-2H2. The maximum atomic E-state index is 11.2. The van der Waals surface area contributed by atoms with Crippen molar-refractivity contribution in [3.63, 3.8) is 0 Å². The smallest absolute Gasteiger partial charge is 0.309 e. The first kappa shape index (κ1) is 32.7. The minimum atomic E-state index is -0.157. The van der Waals surface area contributed by atoms with Crippen LogP contribution in [0.2, 0.25) is 0 Å². The van der Waals surface area contributed by atoms with Crippen molar-refractivity contribution in [3.8, 4) is 0 Å². The van der Waals surface area contributed by atoms with Crippen LogP contribution >= 0.6 is 11.6 Å². The van der Waals surface area contributed by atoms with Gasteiger partial charge in [0.1, 0.15) is 13.2 Å². The van der Waals surface area contributed by atoms with Gasteiger partial charge in [0.25, 0.3) is 0 Å². The molecule has 0 heterocycles. The normalized spacial score (nSPS) is 16.2. The molecule has 11 nitrogen and oxygen atoms in total. The van der Waals surface area contributed by atoms with Gasteiger partial charge in [0, 0.05) is 5.92 Å². The first-order valence-corrected chi connectivity index (χ1v) is 12.9. The second-order valence-electron chi connectivity index (χ2n) is 8.36. The summed E-state index contributed by atoms with van der Waals surface area (Å²) >= 11 is 5.04. The molecule has 3 rings (SSSR count). The van der Waals surface area contributed by atoms with E-state index in [0.29, 0.717) is 66.1 Å². The van der Waals surface area contributed by atoms with Crippen molar-refractivity contribution in [2.75, 3.05) is 79.3 Å². The monoisotopic (exact) mass is 540 g/mol. The van der Waals surface area contributed by atoms with Gasteiger partial charge in [-0.1, -0.05) is 0 Å². The van der Waals surface area contributed by atoms with Crippen LogP contribution in [0.1, 0.15) is 38.5 Å². The Kier molecular flexibility index (Phi) is 19.7. The van der Waals surface area contributed by atoms with Crippen molar-refractivity contribution >= 4 is 28.8 Å². The minimum absolute atomic E-state index is 0.0417. The summed E-state index contributed by atoms with van der Waals surface area (Å²) in [5.41, 5.74) is 0. The van der Waals surface area contributed by atoms with Gasteiger partial charge in [0.05, 0.1) is 77.9 Å². The van der Waals surface area contributed by atoms with E-state index in [1.165, 1.54) is 0 Å². The molecule has 3 aliphatic carbocycles. The predicted molar refractivity (Wildman–Crippen MR) is 128 cm³/mol. The summed E-state index contributed by atoms with van der Waals surface area (Å²) in [6, 6.07) is 0. The van der Waals surface area contributed by atoms with E-state index in [0.717, 1.165) is 38.5 Å². The van der Waals surface area contributed by atoms with Gasteiger partial charge in [-0.25, -0.2) is 0 Å². The first-order valence-electron chi connectivity index (χ1n) is 12.5. The molecule has 3 fully saturated rings. The third kappa shape index (κ3) is 20.8. The van der Waals surface area contributed by atoms with Crippen molar-refractivity contribution in [1.29, 1.82) is 0 Å². The summed E-state index contributed by atoms with van der Waals surface area (Å²) in [4.78, 5) is 32.3. The average molecular weight is 541 g/mol. The zero-order valence-electron chi connectivity index (χ0n) is 20.9. The Labute approximate surface area is 217 Å². The molecular formula is C24H41ClO11. The van der Waals surface area contributed by atoms with Crippen LogP contribution in [-0.2, 0) is 42.8 Å². The molecule has 0 saturated heterocycles. The molecule has 0 aromatic heterocycles. The molecular weight excluding hydrogens is 500 g/mol. The molecule has 2 N–H and O–H groups in total. The molecule has 0 bridgehead atoms. The van der Waals surface area contributed by atoms with Crippen LogP contribution in [0.5, 0.6) is 0 Å². The maximum Gasteiger partial charge on any atom is 0.309 e. The summed E-state index contributed by atoms with van der Waals surface area (Å²) < 4.78 is 30.3. The summed E-state index contributed by atoms with van der Waals surface area (Å²) in [6.07, 6.45) is 5.86. The first-order chi connectivity index (χ1) is 17.5.